The molecule has 1 saturated heterocycles. The molecule has 1 aliphatic heterocycles. The molecule has 0 saturated carbocycles. The summed E-state index contributed by atoms with van der Waals surface area (Å²) in [6, 6.07) is 14.0. The Morgan fingerprint density at radius 2 is 2.16 bits per heavy atom. The first-order chi connectivity index (χ1) is 12.2. The molecular weight excluding hydrogens is 332 g/mol. The standard InChI is InChI=1S/C19H20N4OS/c1-13-4-6-14(7-5-13)19(24)20-15-8-9-23(12-15)18-11-16(21-22-18)17-3-2-10-25-17/h2-7,10-11,15H,8-9,12H2,1H3,(H,20,24)(H,21,22)/t15-/m0/s1. The van der Waals surface area contributed by atoms with Crippen LogP contribution in [0.2, 0.25) is 0 Å². The van der Waals surface area contributed by atoms with Gasteiger partial charge in [0.1, 0.15) is 0 Å². The molecule has 1 fully saturated rings. The van der Waals surface area contributed by atoms with E-state index in [0.29, 0.717) is 5.56 Å². The van der Waals surface area contributed by atoms with Crippen LogP contribution in [0.3, 0.4) is 0 Å². The van der Waals surface area contributed by atoms with E-state index in [1.165, 1.54) is 4.88 Å². The molecule has 2 N–H and O–H groups in total. The quantitative estimate of drug-likeness (QED) is 0.756. The SMILES string of the molecule is Cc1ccc(C(=O)N[C@H]2CCN(c3cc(-c4cccs4)[nH]n3)C2)cc1. The van der Waals surface area contributed by atoms with Crippen molar-refractivity contribution in [1.29, 1.82) is 0 Å². The topological polar surface area (TPSA) is 61.0 Å². The van der Waals surface area contributed by atoms with Crippen LogP contribution in [0, 0.1) is 6.92 Å². The Hall–Kier alpha value is -2.60. The molecule has 0 aliphatic carbocycles. The van der Waals surface area contributed by atoms with Gasteiger partial charge in [-0.1, -0.05) is 23.8 Å². The lowest BCUT2D eigenvalue weighted by atomic mass is 10.1. The summed E-state index contributed by atoms with van der Waals surface area (Å²) in [4.78, 5) is 15.8. The Kier molecular flexibility index (Phi) is 4.28. The summed E-state index contributed by atoms with van der Waals surface area (Å²) in [6.07, 6.45) is 0.929. The van der Waals surface area contributed by atoms with Crippen molar-refractivity contribution in [1.82, 2.24) is 15.5 Å². The summed E-state index contributed by atoms with van der Waals surface area (Å²) in [5.74, 6) is 0.934. The van der Waals surface area contributed by atoms with Crippen molar-refractivity contribution < 1.29 is 4.79 Å². The third-order valence-electron chi connectivity index (χ3n) is 4.51. The van der Waals surface area contributed by atoms with Crippen molar-refractivity contribution >= 4 is 23.1 Å². The number of amides is 1. The maximum Gasteiger partial charge on any atom is 0.251 e. The van der Waals surface area contributed by atoms with Gasteiger partial charge in [-0.25, -0.2) is 0 Å². The van der Waals surface area contributed by atoms with Crippen molar-refractivity contribution in [3.63, 3.8) is 0 Å². The van der Waals surface area contributed by atoms with Gasteiger partial charge in [0.15, 0.2) is 5.82 Å². The van der Waals surface area contributed by atoms with E-state index in [1.807, 2.05) is 37.3 Å². The van der Waals surface area contributed by atoms with Crippen molar-refractivity contribution in [2.75, 3.05) is 18.0 Å². The number of hydrogen-bond donors (Lipinski definition) is 2. The van der Waals surface area contributed by atoms with E-state index in [0.717, 1.165) is 36.6 Å². The van der Waals surface area contributed by atoms with Gasteiger partial charge in [0.25, 0.3) is 5.91 Å². The number of H-pyrrole nitrogens is 1. The molecule has 128 valence electrons. The van der Waals surface area contributed by atoms with E-state index in [1.54, 1.807) is 11.3 Å². The lowest BCUT2D eigenvalue weighted by Crippen LogP contribution is -2.37. The zero-order chi connectivity index (χ0) is 17.2. The fourth-order valence-corrected chi connectivity index (χ4v) is 3.78. The minimum Gasteiger partial charge on any atom is -0.353 e. The summed E-state index contributed by atoms with van der Waals surface area (Å²) >= 11 is 1.69. The minimum absolute atomic E-state index is 0.00634. The van der Waals surface area contributed by atoms with Crippen LogP contribution < -0.4 is 10.2 Å². The molecular formula is C19H20N4OS. The number of nitrogens with zero attached hydrogens (tertiary/aromatic N) is 2. The third kappa shape index (κ3) is 3.44. The maximum absolute atomic E-state index is 12.4. The number of carbonyl (C=O) groups excluding carboxylic acids is 1. The van der Waals surface area contributed by atoms with Gasteiger partial charge in [-0.2, -0.15) is 5.10 Å². The number of nitrogens with one attached hydrogen (secondary N) is 2. The number of anilines is 1. The average Bonchev–Trinajstić information content (AvgIpc) is 3.36. The second kappa shape index (κ2) is 6.72. The molecule has 1 amide bonds. The van der Waals surface area contributed by atoms with E-state index < -0.39 is 0 Å². The predicted octanol–water partition coefficient (Wildman–Crippen LogP) is 3.46. The van der Waals surface area contributed by atoms with E-state index in [4.69, 9.17) is 0 Å². The Morgan fingerprint density at radius 1 is 1.32 bits per heavy atom. The van der Waals surface area contributed by atoms with Crippen LogP contribution in [0.4, 0.5) is 5.82 Å². The van der Waals surface area contributed by atoms with Gasteiger partial charge in [0, 0.05) is 30.8 Å². The first-order valence-corrected chi connectivity index (χ1v) is 9.29. The first kappa shape index (κ1) is 15.9. The van der Waals surface area contributed by atoms with Gasteiger partial charge in [0.05, 0.1) is 10.6 Å². The largest absolute Gasteiger partial charge is 0.353 e. The molecule has 3 aromatic rings. The van der Waals surface area contributed by atoms with Gasteiger partial charge >= 0.3 is 0 Å². The lowest BCUT2D eigenvalue weighted by Gasteiger charge is -2.16. The smallest absolute Gasteiger partial charge is 0.251 e. The molecule has 5 nitrogen and oxygen atoms in total. The van der Waals surface area contributed by atoms with Crippen LogP contribution in [0.1, 0.15) is 22.3 Å². The summed E-state index contributed by atoms with van der Waals surface area (Å²) in [5.41, 5.74) is 2.91. The molecule has 4 rings (SSSR count). The molecule has 1 atom stereocenters. The zero-order valence-electron chi connectivity index (χ0n) is 14.0. The highest BCUT2D eigenvalue weighted by atomic mass is 32.1. The number of thiophene rings is 1. The molecule has 2 aromatic heterocycles. The Labute approximate surface area is 150 Å². The molecule has 0 unspecified atom stereocenters. The highest BCUT2D eigenvalue weighted by molar-refractivity contribution is 7.13. The lowest BCUT2D eigenvalue weighted by molar-refractivity contribution is 0.0940. The van der Waals surface area contributed by atoms with Crippen molar-refractivity contribution in [3.05, 3.63) is 59.0 Å². The Bertz CT molecular complexity index is 854. The second-order valence-electron chi connectivity index (χ2n) is 6.39. The van der Waals surface area contributed by atoms with Crippen LogP contribution in [-0.4, -0.2) is 35.2 Å². The summed E-state index contributed by atoms with van der Waals surface area (Å²) < 4.78 is 0. The van der Waals surface area contributed by atoms with Crippen LogP contribution in [-0.2, 0) is 0 Å². The molecule has 0 spiro atoms. The number of rotatable bonds is 4. The summed E-state index contributed by atoms with van der Waals surface area (Å²) in [6.45, 7) is 3.70. The molecule has 0 bridgehead atoms. The average molecular weight is 352 g/mol. The van der Waals surface area contributed by atoms with Gasteiger partial charge in [-0.15, -0.1) is 11.3 Å². The van der Waals surface area contributed by atoms with Crippen molar-refractivity contribution in [2.24, 2.45) is 0 Å². The number of benzene rings is 1. The number of aromatic amines is 1. The van der Waals surface area contributed by atoms with E-state index in [2.05, 4.69) is 37.9 Å². The fourth-order valence-electron chi connectivity index (χ4n) is 3.09. The van der Waals surface area contributed by atoms with Crippen molar-refractivity contribution in [2.45, 2.75) is 19.4 Å². The predicted molar refractivity (Wildman–Crippen MR) is 101 cm³/mol. The van der Waals surface area contributed by atoms with Gasteiger partial charge in [-0.05, 0) is 36.9 Å². The maximum atomic E-state index is 12.4. The summed E-state index contributed by atoms with van der Waals surface area (Å²) in [5, 5.41) is 12.7. The minimum atomic E-state index is -0.00634. The van der Waals surface area contributed by atoms with E-state index in [-0.39, 0.29) is 11.9 Å². The monoisotopic (exact) mass is 352 g/mol. The normalized spacial score (nSPS) is 17.0. The van der Waals surface area contributed by atoms with E-state index in [9.17, 15) is 4.79 Å². The molecule has 25 heavy (non-hydrogen) atoms. The van der Waals surface area contributed by atoms with Crippen LogP contribution in [0.25, 0.3) is 10.6 Å². The van der Waals surface area contributed by atoms with Crippen molar-refractivity contribution in [3.8, 4) is 10.6 Å². The molecule has 0 radical (unpaired) electrons. The zero-order valence-corrected chi connectivity index (χ0v) is 14.8. The summed E-state index contributed by atoms with van der Waals surface area (Å²) in [7, 11) is 0. The number of hydrogen-bond acceptors (Lipinski definition) is 4. The highest BCUT2D eigenvalue weighted by Gasteiger charge is 2.26. The second-order valence-corrected chi connectivity index (χ2v) is 7.34. The molecule has 6 heteroatoms. The number of carbonyl (C=O) groups is 1. The Morgan fingerprint density at radius 3 is 2.92 bits per heavy atom. The fraction of sp³-hybridized carbons (Fsp3) is 0.263. The van der Waals surface area contributed by atoms with Gasteiger partial charge in [-0.3, -0.25) is 9.89 Å². The Balaban J connectivity index is 1.38. The highest BCUT2D eigenvalue weighted by Crippen LogP contribution is 2.27. The number of aryl methyl sites for hydroxylation is 1. The van der Waals surface area contributed by atoms with Gasteiger partial charge < -0.3 is 10.2 Å². The third-order valence-corrected chi connectivity index (χ3v) is 5.42. The first-order valence-electron chi connectivity index (χ1n) is 8.41. The van der Waals surface area contributed by atoms with E-state index >= 15 is 0 Å². The molecule has 1 aromatic carbocycles. The van der Waals surface area contributed by atoms with Crippen LogP contribution in [0.5, 0.6) is 0 Å². The van der Waals surface area contributed by atoms with Gasteiger partial charge in [0.2, 0.25) is 0 Å². The molecule has 3 heterocycles. The molecule has 1 aliphatic rings. The van der Waals surface area contributed by atoms with Crippen LogP contribution >= 0.6 is 11.3 Å². The van der Waals surface area contributed by atoms with Crippen LogP contribution in [0.15, 0.2) is 47.8 Å². The number of aromatic nitrogens is 2.